The maximum atomic E-state index is 12.5. The number of pyridine rings is 1. The first-order valence-electron chi connectivity index (χ1n) is 10.1. The largest absolute Gasteiger partial charge is 0.380 e. The van der Waals surface area contributed by atoms with Crippen molar-refractivity contribution in [2.75, 3.05) is 11.9 Å². The Morgan fingerprint density at radius 2 is 1.66 bits per heavy atom. The number of nitrogens with two attached hydrogens (primary N) is 1. The van der Waals surface area contributed by atoms with Crippen LogP contribution in [0.2, 0.25) is 0 Å². The minimum Gasteiger partial charge on any atom is -0.380 e. The Kier molecular flexibility index (Phi) is 8.32. The molecule has 1 amide bonds. The number of nitrogens with one attached hydrogen (secondary N) is 2. The zero-order valence-electron chi connectivity index (χ0n) is 17.5. The van der Waals surface area contributed by atoms with Crippen molar-refractivity contribution in [1.29, 1.82) is 0 Å². The molecular formula is C23H26N4O4S. The summed E-state index contributed by atoms with van der Waals surface area (Å²) in [6.45, 7) is 0.495. The number of anilines is 1. The lowest BCUT2D eigenvalue weighted by atomic mass is 10.1. The van der Waals surface area contributed by atoms with Crippen molar-refractivity contribution in [3.8, 4) is 0 Å². The number of rotatable bonds is 11. The first-order valence-corrected chi connectivity index (χ1v) is 11.8. The van der Waals surface area contributed by atoms with Gasteiger partial charge in [0.1, 0.15) is 5.37 Å². The predicted molar refractivity (Wildman–Crippen MR) is 123 cm³/mol. The van der Waals surface area contributed by atoms with E-state index in [1.54, 1.807) is 54.9 Å². The van der Waals surface area contributed by atoms with Gasteiger partial charge in [0.2, 0.25) is 0 Å². The smallest absolute Gasteiger partial charge is 0.276 e. The quantitative estimate of drug-likeness (QED) is 0.301. The number of nitrogens with zero attached hydrogens (tertiary/aromatic N) is 1. The number of hydrogen-bond acceptors (Lipinski definition) is 7. The molecule has 168 valence electrons. The monoisotopic (exact) mass is 454 g/mol. The lowest BCUT2D eigenvalue weighted by Crippen LogP contribution is -2.34. The highest BCUT2D eigenvalue weighted by molar-refractivity contribution is 7.91. The van der Waals surface area contributed by atoms with Gasteiger partial charge in [-0.3, -0.25) is 14.6 Å². The lowest BCUT2D eigenvalue weighted by Gasteiger charge is -2.14. The molecule has 1 unspecified atom stereocenters. The molecule has 0 radical (unpaired) electrons. The molecular weight excluding hydrogens is 428 g/mol. The number of amides is 1. The van der Waals surface area contributed by atoms with Crippen LogP contribution in [0.5, 0.6) is 0 Å². The van der Waals surface area contributed by atoms with Crippen molar-refractivity contribution in [2.24, 2.45) is 5.73 Å². The number of carbonyl (C=O) groups excluding carboxylic acids is 1. The fourth-order valence-corrected chi connectivity index (χ4v) is 4.30. The second-order valence-corrected chi connectivity index (χ2v) is 9.37. The Morgan fingerprint density at radius 1 is 0.969 bits per heavy atom. The molecule has 0 aliphatic heterocycles. The molecule has 4 N–H and O–H groups in total. The van der Waals surface area contributed by atoms with Gasteiger partial charge in [0, 0.05) is 31.0 Å². The van der Waals surface area contributed by atoms with Crippen LogP contribution < -0.4 is 16.5 Å². The first kappa shape index (κ1) is 23.4. The Labute approximate surface area is 187 Å². The molecule has 3 aromatic rings. The number of aromatic nitrogens is 1. The molecule has 8 nitrogen and oxygen atoms in total. The highest BCUT2D eigenvalue weighted by Gasteiger charge is 2.22. The van der Waals surface area contributed by atoms with Crippen molar-refractivity contribution >= 4 is 21.4 Å². The Hall–Kier alpha value is -3.27. The van der Waals surface area contributed by atoms with Crippen LogP contribution in [0.15, 0.2) is 79.1 Å². The Morgan fingerprint density at radius 3 is 2.41 bits per heavy atom. The third kappa shape index (κ3) is 6.88. The second-order valence-electron chi connectivity index (χ2n) is 7.15. The molecule has 0 bridgehead atoms. The van der Waals surface area contributed by atoms with Gasteiger partial charge >= 0.3 is 0 Å². The average molecular weight is 455 g/mol. The van der Waals surface area contributed by atoms with Gasteiger partial charge in [-0.2, -0.15) is 0 Å². The summed E-state index contributed by atoms with van der Waals surface area (Å²) in [7, 11) is -3.54. The van der Waals surface area contributed by atoms with E-state index in [1.165, 1.54) is 0 Å². The number of sulfone groups is 1. The van der Waals surface area contributed by atoms with Gasteiger partial charge in [-0.25, -0.2) is 13.9 Å². The zero-order valence-corrected chi connectivity index (χ0v) is 18.3. The summed E-state index contributed by atoms with van der Waals surface area (Å²) in [5.41, 5.74) is 11.0. The van der Waals surface area contributed by atoms with Crippen molar-refractivity contribution < 1.29 is 18.0 Å². The fraction of sp³-hybridized carbons (Fsp3) is 0.217. The molecule has 0 spiro atoms. The molecule has 1 heterocycles. The number of carbonyl (C=O) groups is 1. The van der Waals surface area contributed by atoms with E-state index in [0.29, 0.717) is 23.4 Å². The average Bonchev–Trinajstić information content (AvgIpc) is 2.81. The second kappa shape index (κ2) is 11.4. The molecule has 0 saturated carbocycles. The molecule has 3 rings (SSSR count). The Balaban J connectivity index is 1.47. The maximum absolute atomic E-state index is 12.5. The summed E-state index contributed by atoms with van der Waals surface area (Å²) in [6.07, 6.45) is 3.46. The van der Waals surface area contributed by atoms with Gasteiger partial charge in [0.05, 0.1) is 17.9 Å². The minimum absolute atomic E-state index is 0.0342. The number of benzene rings is 2. The van der Waals surface area contributed by atoms with Crippen LogP contribution in [0.25, 0.3) is 0 Å². The van der Waals surface area contributed by atoms with Crippen LogP contribution in [0, 0.1) is 0 Å². The number of hydroxylamine groups is 1. The molecule has 1 atom stereocenters. The van der Waals surface area contributed by atoms with Gasteiger partial charge in [0.15, 0.2) is 9.84 Å². The van der Waals surface area contributed by atoms with Crippen molar-refractivity contribution in [3.05, 3.63) is 95.8 Å². The summed E-state index contributed by atoms with van der Waals surface area (Å²) in [5, 5.41) is 2.13. The maximum Gasteiger partial charge on any atom is 0.276 e. The highest BCUT2D eigenvalue weighted by atomic mass is 32.2. The van der Waals surface area contributed by atoms with Crippen LogP contribution in [0.1, 0.15) is 27.9 Å². The molecule has 9 heteroatoms. The van der Waals surface area contributed by atoms with E-state index >= 15 is 0 Å². The third-order valence-electron chi connectivity index (χ3n) is 4.75. The van der Waals surface area contributed by atoms with E-state index in [0.717, 1.165) is 5.56 Å². The zero-order chi connectivity index (χ0) is 22.8. The minimum atomic E-state index is -3.54. The molecule has 0 fully saturated rings. The third-order valence-corrected chi connectivity index (χ3v) is 6.64. The van der Waals surface area contributed by atoms with E-state index in [1.807, 2.05) is 24.3 Å². The summed E-state index contributed by atoms with van der Waals surface area (Å²) in [6, 6.07) is 19.6. The van der Waals surface area contributed by atoms with Crippen molar-refractivity contribution in [2.45, 2.75) is 24.1 Å². The molecule has 0 saturated heterocycles. The van der Waals surface area contributed by atoms with E-state index in [2.05, 4.69) is 15.8 Å². The van der Waals surface area contributed by atoms with Gasteiger partial charge in [-0.15, -0.1) is 0 Å². The van der Waals surface area contributed by atoms with Crippen molar-refractivity contribution in [1.82, 2.24) is 10.5 Å². The summed E-state index contributed by atoms with van der Waals surface area (Å²) >= 11 is 0. The standard InChI is InChI=1S/C23H26N4O4S/c24-22(32(29,30)17-19-6-2-1-3-7-19)12-15-31-27-23(28)20-8-4-5-9-21(20)26-16-18-10-13-25-14-11-18/h1-11,13-14,22,26H,12,15-17,24H2,(H,27,28). The first-order chi connectivity index (χ1) is 15.5. The van der Waals surface area contributed by atoms with E-state index in [4.69, 9.17) is 10.6 Å². The molecule has 1 aromatic heterocycles. The number of hydrogen-bond donors (Lipinski definition) is 3. The number of para-hydroxylation sites is 1. The van der Waals surface area contributed by atoms with Gasteiger partial charge in [-0.1, -0.05) is 42.5 Å². The lowest BCUT2D eigenvalue weighted by molar-refractivity contribution is 0.0303. The van der Waals surface area contributed by atoms with E-state index < -0.39 is 21.1 Å². The summed E-state index contributed by atoms with van der Waals surface area (Å²) in [4.78, 5) is 21.7. The van der Waals surface area contributed by atoms with Crippen molar-refractivity contribution in [3.63, 3.8) is 0 Å². The molecule has 0 aliphatic carbocycles. The molecule has 2 aromatic carbocycles. The van der Waals surface area contributed by atoms with Gasteiger partial charge in [-0.05, 0) is 35.4 Å². The van der Waals surface area contributed by atoms with Crippen LogP contribution in [0.3, 0.4) is 0 Å². The van der Waals surface area contributed by atoms with E-state index in [-0.39, 0.29) is 18.8 Å². The van der Waals surface area contributed by atoms with Crippen LogP contribution in [0.4, 0.5) is 5.69 Å². The fourth-order valence-electron chi connectivity index (χ4n) is 2.97. The van der Waals surface area contributed by atoms with Crippen LogP contribution in [-0.4, -0.2) is 31.3 Å². The molecule has 32 heavy (non-hydrogen) atoms. The normalized spacial score (nSPS) is 12.2. The van der Waals surface area contributed by atoms with Crippen LogP contribution in [-0.2, 0) is 27.0 Å². The SMILES string of the molecule is NC(CCONC(=O)c1ccccc1NCc1ccncc1)S(=O)(=O)Cc1ccccc1. The topological polar surface area (TPSA) is 123 Å². The summed E-state index contributed by atoms with van der Waals surface area (Å²) < 4.78 is 24.8. The van der Waals surface area contributed by atoms with Gasteiger partial charge in [0.25, 0.3) is 5.91 Å². The van der Waals surface area contributed by atoms with E-state index in [9.17, 15) is 13.2 Å². The Bertz CT molecular complexity index is 1110. The van der Waals surface area contributed by atoms with Crippen LogP contribution >= 0.6 is 0 Å². The molecule has 0 aliphatic rings. The predicted octanol–water partition coefficient (Wildman–Crippen LogP) is 2.64. The van der Waals surface area contributed by atoms with Gasteiger partial charge < -0.3 is 11.1 Å². The summed E-state index contributed by atoms with van der Waals surface area (Å²) in [5.74, 6) is -0.582. The highest BCUT2D eigenvalue weighted by Crippen LogP contribution is 2.16.